The molecule has 12 nitrogen and oxygen atoms in total. The Labute approximate surface area is 378 Å². The third kappa shape index (κ3) is 61.7. The molecule has 13 heteroatoms. The molecule has 0 aromatic heterocycles. The van der Waals surface area contributed by atoms with Gasteiger partial charge in [-0.1, -0.05) is 173 Å². The van der Waals surface area contributed by atoms with Crippen LogP contribution in [-0.2, 0) is 0 Å². The molecule has 0 aliphatic heterocycles. The van der Waals surface area contributed by atoms with E-state index in [1.165, 1.54) is 173 Å². The lowest BCUT2D eigenvalue weighted by Gasteiger charge is -2.21. The molecule has 0 radical (unpaired) electrons. The van der Waals surface area contributed by atoms with Crippen molar-refractivity contribution in [3.63, 3.8) is 0 Å². The molecule has 0 bridgehead atoms. The smallest absolute Gasteiger partial charge is 0.402 e. The van der Waals surface area contributed by atoms with E-state index in [0.29, 0.717) is 37.9 Å². The zero-order valence-electron chi connectivity index (χ0n) is 41.3. The van der Waals surface area contributed by atoms with Crippen molar-refractivity contribution in [3.05, 3.63) is 0 Å². The van der Waals surface area contributed by atoms with Gasteiger partial charge < -0.3 is 60.4 Å². The highest BCUT2D eigenvalue weighted by Gasteiger charge is 2.10. The summed E-state index contributed by atoms with van der Waals surface area (Å²) in [6, 6.07) is 1.02. The number of aliphatic hydroxyl groups is 6. The van der Waals surface area contributed by atoms with Gasteiger partial charge in [0.15, 0.2) is 0 Å². The molecule has 0 saturated carbocycles. The Morgan fingerprint density at radius 2 is 0.393 bits per heavy atom. The maximum Gasteiger partial charge on any atom is 0.631 e. The fourth-order valence-corrected chi connectivity index (χ4v) is 7.26. The summed E-state index contributed by atoms with van der Waals surface area (Å²) in [6.07, 6.45) is 41.4. The van der Waals surface area contributed by atoms with Crippen LogP contribution in [0.15, 0.2) is 0 Å². The highest BCUT2D eigenvalue weighted by atomic mass is 16.5. The van der Waals surface area contributed by atoms with Gasteiger partial charge in [0.2, 0.25) is 0 Å². The molecule has 3 unspecified atom stereocenters. The van der Waals surface area contributed by atoms with E-state index in [4.69, 9.17) is 30.4 Å². The largest absolute Gasteiger partial charge is 0.631 e. The Bertz CT molecular complexity index is 668. The average Bonchev–Trinajstić information content (AvgIpc) is 3.22. The normalized spacial score (nSPS) is 12.7. The first kappa shape index (κ1) is 67.2. The second-order valence-electron chi connectivity index (χ2n) is 17.9. The van der Waals surface area contributed by atoms with Crippen LogP contribution < -0.4 is 0 Å². The fraction of sp³-hybridized carbons (Fsp3) is 1.00. The summed E-state index contributed by atoms with van der Waals surface area (Å²) in [6.45, 7) is 1.88. The van der Waals surface area contributed by atoms with Crippen molar-refractivity contribution < 1.29 is 45.7 Å². The highest BCUT2D eigenvalue weighted by molar-refractivity contribution is 6.30. The van der Waals surface area contributed by atoms with Gasteiger partial charge in [0.25, 0.3) is 0 Å². The second kappa shape index (κ2) is 57.6. The Morgan fingerprint density at radius 3 is 0.508 bits per heavy atom. The molecule has 9 N–H and O–H groups in total. The predicted octanol–water partition coefficient (Wildman–Crippen LogP) is 7.53. The van der Waals surface area contributed by atoms with Gasteiger partial charge in [-0.3, -0.25) is 0 Å². The van der Waals surface area contributed by atoms with E-state index in [1.807, 2.05) is 42.3 Å². The SMILES string of the molecule is CN(C)C(CO)CCCCCCCCCCCCO.CN(C)C(CO)CCCCCCCCCCCCO.CN(C)C(CO)CCCCCCCCCCCCO.OB(O)O. The van der Waals surface area contributed by atoms with Gasteiger partial charge in [0.05, 0.1) is 19.8 Å². The molecule has 0 saturated heterocycles. The summed E-state index contributed by atoms with van der Waals surface area (Å²) in [7, 11) is 10.1. The summed E-state index contributed by atoms with van der Waals surface area (Å²) >= 11 is 0. The molecular weight excluding hydrogens is 773 g/mol. The zero-order chi connectivity index (χ0) is 46.6. The number of aliphatic hydroxyl groups excluding tert-OH is 6. The van der Waals surface area contributed by atoms with E-state index in [2.05, 4.69) is 14.7 Å². The van der Waals surface area contributed by atoms with E-state index in [1.54, 1.807) is 0 Å². The minimum absolute atomic E-state index is 0.279. The fourth-order valence-electron chi connectivity index (χ4n) is 7.26. The highest BCUT2D eigenvalue weighted by Crippen LogP contribution is 2.15. The first-order valence-corrected chi connectivity index (χ1v) is 25.1. The minimum atomic E-state index is -2.17. The van der Waals surface area contributed by atoms with Crippen LogP contribution in [0.4, 0.5) is 0 Å². The average molecular weight is 882 g/mol. The topological polar surface area (TPSA) is 192 Å². The van der Waals surface area contributed by atoms with Gasteiger partial charge in [-0.05, 0) is 80.8 Å². The molecule has 0 rings (SSSR count). The Hall–Kier alpha value is -0.415. The quantitative estimate of drug-likeness (QED) is 0.0217. The van der Waals surface area contributed by atoms with Crippen LogP contribution >= 0.6 is 0 Å². The van der Waals surface area contributed by atoms with Gasteiger partial charge in [-0.15, -0.1) is 0 Å². The van der Waals surface area contributed by atoms with Crippen LogP contribution in [0.25, 0.3) is 0 Å². The lowest BCUT2D eigenvalue weighted by molar-refractivity contribution is 0.159. The molecule has 0 aromatic carbocycles. The van der Waals surface area contributed by atoms with Crippen LogP contribution in [0.5, 0.6) is 0 Å². The molecule has 0 spiro atoms. The number of nitrogens with zero attached hydrogens (tertiary/aromatic N) is 3. The van der Waals surface area contributed by atoms with Crippen molar-refractivity contribution >= 4 is 7.32 Å². The lowest BCUT2D eigenvalue weighted by Crippen LogP contribution is -2.31. The number of hydrogen-bond acceptors (Lipinski definition) is 12. The van der Waals surface area contributed by atoms with Crippen LogP contribution in [0.1, 0.15) is 212 Å². The van der Waals surface area contributed by atoms with Crippen LogP contribution in [0.2, 0.25) is 0 Å². The molecule has 0 aliphatic rings. The van der Waals surface area contributed by atoms with Gasteiger partial charge in [-0.25, -0.2) is 0 Å². The monoisotopic (exact) mass is 882 g/mol. The van der Waals surface area contributed by atoms with Gasteiger partial charge in [0, 0.05) is 37.9 Å². The summed E-state index contributed by atoms with van der Waals surface area (Å²) < 4.78 is 0. The Morgan fingerprint density at radius 1 is 0.262 bits per heavy atom. The van der Waals surface area contributed by atoms with Crippen molar-refractivity contribution in [3.8, 4) is 0 Å². The van der Waals surface area contributed by atoms with Gasteiger partial charge >= 0.3 is 7.32 Å². The predicted molar refractivity (Wildman–Crippen MR) is 260 cm³/mol. The van der Waals surface area contributed by atoms with Crippen molar-refractivity contribution in [1.82, 2.24) is 14.7 Å². The molecule has 372 valence electrons. The van der Waals surface area contributed by atoms with Crippen LogP contribution in [0.3, 0.4) is 0 Å². The molecule has 0 fully saturated rings. The van der Waals surface area contributed by atoms with Crippen LogP contribution in [-0.4, -0.2) is 168 Å². The maximum atomic E-state index is 9.20. The molecule has 61 heavy (non-hydrogen) atoms. The third-order valence-electron chi connectivity index (χ3n) is 11.7. The Kier molecular flexibility index (Phi) is 63.4. The molecule has 0 amide bonds. The van der Waals surface area contributed by atoms with E-state index in [0.717, 1.165) is 38.5 Å². The minimum Gasteiger partial charge on any atom is -0.402 e. The molecule has 0 heterocycles. The zero-order valence-corrected chi connectivity index (χ0v) is 41.3. The second-order valence-corrected chi connectivity index (χ2v) is 17.9. The standard InChI is InChI=1S/3C16H35NO2.BH3O3/c3*1-17(2)16(15-19)13-11-9-7-5-3-4-6-8-10-12-14-18;2-1(3)4/h3*16,18-19H,3-15H2,1-2H3;2-4H. The van der Waals surface area contributed by atoms with Crippen molar-refractivity contribution in [2.75, 3.05) is 81.9 Å². The number of likely N-dealkylation sites (N-methyl/N-ethyl adjacent to an activating group) is 3. The first-order valence-electron chi connectivity index (χ1n) is 25.1. The van der Waals surface area contributed by atoms with Gasteiger partial charge in [-0.2, -0.15) is 0 Å². The van der Waals surface area contributed by atoms with E-state index in [9.17, 15) is 15.3 Å². The summed E-state index contributed by atoms with van der Waals surface area (Å²) in [4.78, 5) is 6.35. The van der Waals surface area contributed by atoms with Crippen molar-refractivity contribution in [2.45, 2.75) is 230 Å². The summed E-state index contributed by atoms with van der Waals surface area (Å²) in [5.74, 6) is 0. The first-order chi connectivity index (χ1) is 29.4. The van der Waals surface area contributed by atoms with Gasteiger partial charge in [0.1, 0.15) is 0 Å². The number of hydrogen-bond donors (Lipinski definition) is 9. The molecule has 0 aromatic rings. The lowest BCUT2D eigenvalue weighted by atomic mass is 10.0. The van der Waals surface area contributed by atoms with E-state index in [-0.39, 0.29) is 19.8 Å². The molecule has 0 aliphatic carbocycles. The van der Waals surface area contributed by atoms with E-state index < -0.39 is 7.32 Å². The number of rotatable bonds is 42. The van der Waals surface area contributed by atoms with Crippen LogP contribution in [0, 0.1) is 0 Å². The van der Waals surface area contributed by atoms with Crippen molar-refractivity contribution in [2.24, 2.45) is 0 Å². The van der Waals surface area contributed by atoms with Crippen molar-refractivity contribution in [1.29, 1.82) is 0 Å². The maximum absolute atomic E-state index is 9.20. The summed E-state index contributed by atoms with van der Waals surface area (Å²) in [5, 5.41) is 75.1. The Balaban J connectivity index is -0.000000381. The summed E-state index contributed by atoms with van der Waals surface area (Å²) in [5.41, 5.74) is 0. The van der Waals surface area contributed by atoms with E-state index >= 15 is 0 Å². The molecular formula is C48H108BN3O9. The number of unbranched alkanes of at least 4 members (excludes halogenated alkanes) is 27. The third-order valence-corrected chi connectivity index (χ3v) is 11.7. The molecule has 3 atom stereocenters.